The Morgan fingerprint density at radius 1 is 1.00 bits per heavy atom. The fraction of sp³-hybridized carbons (Fsp3) is 0.348. The van der Waals surface area contributed by atoms with Gasteiger partial charge in [-0.3, -0.25) is 19.3 Å². The summed E-state index contributed by atoms with van der Waals surface area (Å²) in [6, 6.07) is 14.3. The van der Waals surface area contributed by atoms with E-state index in [1.807, 2.05) is 31.2 Å². The molecule has 3 atom stereocenters. The molecule has 5 heteroatoms. The van der Waals surface area contributed by atoms with E-state index in [2.05, 4.69) is 12.2 Å². The molecule has 1 aliphatic heterocycles. The maximum atomic E-state index is 12.9. The summed E-state index contributed by atoms with van der Waals surface area (Å²) in [6.07, 6.45) is 2.51. The van der Waals surface area contributed by atoms with Crippen LogP contribution < -0.4 is 10.2 Å². The lowest BCUT2D eigenvalue weighted by atomic mass is 9.76. The van der Waals surface area contributed by atoms with Gasteiger partial charge in [-0.15, -0.1) is 0 Å². The number of anilines is 2. The molecule has 0 aromatic heterocycles. The molecule has 144 valence electrons. The van der Waals surface area contributed by atoms with Crippen LogP contribution in [0.2, 0.25) is 0 Å². The molecule has 1 N–H and O–H groups in total. The first-order valence-electron chi connectivity index (χ1n) is 9.80. The molecule has 0 radical (unpaired) electrons. The van der Waals surface area contributed by atoms with E-state index in [9.17, 15) is 14.4 Å². The van der Waals surface area contributed by atoms with Crippen LogP contribution in [-0.2, 0) is 9.59 Å². The fourth-order valence-electron chi connectivity index (χ4n) is 4.34. The predicted octanol–water partition coefficient (Wildman–Crippen LogP) is 4.17. The number of nitrogens with zero attached hydrogens (tertiary/aromatic N) is 1. The van der Waals surface area contributed by atoms with Gasteiger partial charge in [-0.1, -0.05) is 31.2 Å². The van der Waals surface area contributed by atoms with Crippen LogP contribution in [0.5, 0.6) is 0 Å². The second-order valence-corrected chi connectivity index (χ2v) is 7.96. The number of amides is 3. The summed E-state index contributed by atoms with van der Waals surface area (Å²) in [4.78, 5) is 39.8. The minimum Gasteiger partial charge on any atom is -0.322 e. The number of imide groups is 1. The summed E-state index contributed by atoms with van der Waals surface area (Å²) in [7, 11) is 0. The molecule has 3 amide bonds. The van der Waals surface area contributed by atoms with Gasteiger partial charge < -0.3 is 5.32 Å². The van der Waals surface area contributed by atoms with E-state index < -0.39 is 0 Å². The zero-order valence-electron chi connectivity index (χ0n) is 16.1. The van der Waals surface area contributed by atoms with Crippen molar-refractivity contribution in [2.45, 2.75) is 33.1 Å². The lowest BCUT2D eigenvalue weighted by molar-refractivity contribution is -0.122. The molecule has 2 aromatic rings. The van der Waals surface area contributed by atoms with Gasteiger partial charge in [0, 0.05) is 11.3 Å². The second kappa shape index (κ2) is 7.23. The van der Waals surface area contributed by atoms with E-state index in [1.54, 1.807) is 24.3 Å². The molecule has 2 fully saturated rings. The molecular formula is C23H24N2O3. The Balaban J connectivity index is 1.59. The van der Waals surface area contributed by atoms with Crippen LogP contribution in [0.1, 0.15) is 42.1 Å². The number of aryl methyl sites for hydroxylation is 1. The van der Waals surface area contributed by atoms with E-state index in [1.165, 1.54) is 4.90 Å². The summed E-state index contributed by atoms with van der Waals surface area (Å²) in [5, 5.41) is 2.90. The quantitative estimate of drug-likeness (QED) is 0.818. The van der Waals surface area contributed by atoms with Crippen LogP contribution in [0.15, 0.2) is 48.5 Å². The van der Waals surface area contributed by atoms with Crippen LogP contribution in [0.3, 0.4) is 0 Å². The lowest BCUT2D eigenvalue weighted by Gasteiger charge is -2.25. The van der Waals surface area contributed by atoms with Crippen molar-refractivity contribution in [1.29, 1.82) is 0 Å². The van der Waals surface area contributed by atoms with Crippen molar-refractivity contribution >= 4 is 29.1 Å². The maximum absolute atomic E-state index is 12.9. The third-order valence-corrected chi connectivity index (χ3v) is 5.95. The Bertz CT molecular complexity index is 952. The molecule has 1 saturated carbocycles. The Morgan fingerprint density at radius 3 is 2.54 bits per heavy atom. The topological polar surface area (TPSA) is 66.5 Å². The third-order valence-electron chi connectivity index (χ3n) is 5.95. The Labute approximate surface area is 164 Å². The summed E-state index contributed by atoms with van der Waals surface area (Å²) in [6.45, 7) is 4.06. The number of carbonyl (C=O) groups excluding carboxylic acids is 3. The first-order chi connectivity index (χ1) is 13.5. The summed E-state index contributed by atoms with van der Waals surface area (Å²) >= 11 is 0. The van der Waals surface area contributed by atoms with Crippen LogP contribution >= 0.6 is 0 Å². The monoisotopic (exact) mass is 376 g/mol. The van der Waals surface area contributed by atoms with Crippen molar-refractivity contribution in [3.8, 4) is 0 Å². The number of para-hydroxylation sites is 1. The van der Waals surface area contributed by atoms with E-state index in [0.29, 0.717) is 17.2 Å². The van der Waals surface area contributed by atoms with Gasteiger partial charge in [0.25, 0.3) is 5.91 Å². The van der Waals surface area contributed by atoms with Gasteiger partial charge in [0.15, 0.2) is 0 Å². The Morgan fingerprint density at radius 2 is 1.75 bits per heavy atom. The molecule has 5 nitrogen and oxygen atoms in total. The third kappa shape index (κ3) is 3.21. The van der Waals surface area contributed by atoms with Crippen molar-refractivity contribution in [2.24, 2.45) is 17.8 Å². The van der Waals surface area contributed by atoms with E-state index in [-0.39, 0.29) is 29.6 Å². The molecule has 1 saturated heterocycles. The van der Waals surface area contributed by atoms with Crippen molar-refractivity contribution in [2.75, 3.05) is 10.2 Å². The highest BCUT2D eigenvalue weighted by Gasteiger charge is 2.50. The number of rotatable bonds is 3. The number of hydrogen-bond donors (Lipinski definition) is 1. The molecular weight excluding hydrogens is 352 g/mol. The number of hydrogen-bond acceptors (Lipinski definition) is 3. The smallest absolute Gasteiger partial charge is 0.255 e. The highest BCUT2D eigenvalue weighted by molar-refractivity contribution is 6.22. The van der Waals surface area contributed by atoms with E-state index in [4.69, 9.17) is 0 Å². The first kappa shape index (κ1) is 18.4. The van der Waals surface area contributed by atoms with Gasteiger partial charge in [-0.25, -0.2) is 0 Å². The van der Waals surface area contributed by atoms with Crippen molar-refractivity contribution < 1.29 is 14.4 Å². The van der Waals surface area contributed by atoms with Gasteiger partial charge in [0.2, 0.25) is 11.8 Å². The van der Waals surface area contributed by atoms with Gasteiger partial charge >= 0.3 is 0 Å². The van der Waals surface area contributed by atoms with Crippen LogP contribution in [0.4, 0.5) is 11.4 Å². The number of nitrogens with one attached hydrogen (secondary N) is 1. The summed E-state index contributed by atoms with van der Waals surface area (Å²) in [5.74, 6) is -0.490. The molecule has 0 unspecified atom stereocenters. The highest BCUT2D eigenvalue weighted by Crippen LogP contribution is 2.42. The standard InChI is InChI=1S/C23H24N2O3/c1-14-10-11-18-19(12-14)23(28)25(22(18)27)17-8-5-7-16(13-17)21(26)24-20-9-4-3-6-15(20)2/h3-9,13-14,18-19H,10-12H2,1-2H3,(H,24,26)/t14-,18-,19-/m1/s1. The minimum atomic E-state index is -0.263. The lowest BCUT2D eigenvalue weighted by Crippen LogP contribution is -2.31. The Hall–Kier alpha value is -2.95. The van der Waals surface area contributed by atoms with E-state index >= 15 is 0 Å². The minimum absolute atomic E-state index is 0.127. The molecule has 2 aromatic carbocycles. The molecule has 4 rings (SSSR count). The average molecular weight is 376 g/mol. The normalized spacial score (nSPS) is 24.2. The van der Waals surface area contributed by atoms with Crippen LogP contribution in [0.25, 0.3) is 0 Å². The predicted molar refractivity (Wildman–Crippen MR) is 108 cm³/mol. The van der Waals surface area contributed by atoms with Gasteiger partial charge in [0.05, 0.1) is 17.5 Å². The zero-order chi connectivity index (χ0) is 19.8. The maximum Gasteiger partial charge on any atom is 0.255 e. The van der Waals surface area contributed by atoms with Crippen LogP contribution in [0, 0.1) is 24.7 Å². The highest BCUT2D eigenvalue weighted by atomic mass is 16.2. The average Bonchev–Trinajstić information content (AvgIpc) is 2.93. The van der Waals surface area contributed by atoms with Crippen molar-refractivity contribution in [3.05, 3.63) is 59.7 Å². The fourth-order valence-corrected chi connectivity index (χ4v) is 4.34. The molecule has 0 spiro atoms. The van der Waals surface area contributed by atoms with Crippen molar-refractivity contribution in [1.82, 2.24) is 0 Å². The van der Waals surface area contributed by atoms with Crippen LogP contribution in [-0.4, -0.2) is 17.7 Å². The van der Waals surface area contributed by atoms with Gasteiger partial charge in [-0.05, 0) is 61.9 Å². The Kier molecular flexibility index (Phi) is 4.75. The second-order valence-electron chi connectivity index (χ2n) is 7.96. The van der Waals surface area contributed by atoms with Crippen molar-refractivity contribution in [3.63, 3.8) is 0 Å². The molecule has 1 aliphatic carbocycles. The number of benzene rings is 2. The number of fused-ring (bicyclic) bond motifs is 1. The molecule has 1 heterocycles. The van der Waals surface area contributed by atoms with Gasteiger partial charge in [-0.2, -0.15) is 0 Å². The largest absolute Gasteiger partial charge is 0.322 e. The molecule has 2 aliphatic rings. The summed E-state index contributed by atoms with van der Waals surface area (Å²) < 4.78 is 0. The molecule has 28 heavy (non-hydrogen) atoms. The zero-order valence-corrected chi connectivity index (χ0v) is 16.1. The van der Waals surface area contributed by atoms with E-state index in [0.717, 1.165) is 30.5 Å². The van der Waals surface area contributed by atoms with Gasteiger partial charge in [0.1, 0.15) is 0 Å². The SMILES string of the molecule is Cc1ccccc1NC(=O)c1cccc(N2C(=O)[C@@H]3CC[C@@H](C)C[C@H]3C2=O)c1. The summed E-state index contributed by atoms with van der Waals surface area (Å²) in [5.41, 5.74) is 2.61. The number of carbonyl (C=O) groups is 3. The molecule has 0 bridgehead atoms. The first-order valence-corrected chi connectivity index (χ1v) is 9.80.